The van der Waals surface area contributed by atoms with E-state index in [9.17, 15) is 14.7 Å². The Balaban J connectivity index is 1.76. The van der Waals surface area contributed by atoms with Crippen molar-refractivity contribution in [2.75, 3.05) is 13.1 Å². The molecule has 0 saturated carbocycles. The van der Waals surface area contributed by atoms with E-state index in [0.29, 0.717) is 13.1 Å². The van der Waals surface area contributed by atoms with E-state index in [0.717, 1.165) is 5.56 Å². The molecule has 1 aromatic rings. The van der Waals surface area contributed by atoms with Gasteiger partial charge < -0.3 is 5.11 Å². The first-order valence-electron chi connectivity index (χ1n) is 5.93. The molecular formula is C13H14N2O3. The van der Waals surface area contributed by atoms with Gasteiger partial charge in [-0.05, 0) is 5.56 Å². The van der Waals surface area contributed by atoms with Gasteiger partial charge in [-0.3, -0.25) is 19.8 Å². The molecule has 3 rings (SSSR count). The number of fused-ring (bicyclic) bond motifs is 1. The number of carbonyl (C=O) groups is 2. The van der Waals surface area contributed by atoms with E-state index in [4.69, 9.17) is 0 Å². The number of aliphatic hydroxyl groups is 1. The summed E-state index contributed by atoms with van der Waals surface area (Å²) in [4.78, 5) is 25.1. The van der Waals surface area contributed by atoms with Crippen LogP contribution in [0.25, 0.3) is 0 Å². The van der Waals surface area contributed by atoms with Crippen molar-refractivity contribution < 1.29 is 14.7 Å². The molecule has 2 saturated heterocycles. The van der Waals surface area contributed by atoms with Crippen molar-refractivity contribution in [2.24, 2.45) is 5.92 Å². The zero-order valence-corrected chi connectivity index (χ0v) is 9.80. The van der Waals surface area contributed by atoms with Gasteiger partial charge in [-0.15, -0.1) is 0 Å². The minimum atomic E-state index is -1.54. The molecule has 2 amide bonds. The van der Waals surface area contributed by atoms with Crippen LogP contribution in [0.4, 0.5) is 0 Å². The molecule has 2 fully saturated rings. The summed E-state index contributed by atoms with van der Waals surface area (Å²) in [5.74, 6) is -1.56. The van der Waals surface area contributed by atoms with Gasteiger partial charge in [0.2, 0.25) is 5.91 Å². The highest BCUT2D eigenvalue weighted by Crippen LogP contribution is 2.33. The van der Waals surface area contributed by atoms with Gasteiger partial charge in [-0.1, -0.05) is 30.3 Å². The molecule has 5 nitrogen and oxygen atoms in total. The second kappa shape index (κ2) is 3.90. The van der Waals surface area contributed by atoms with Gasteiger partial charge in [0.05, 0.1) is 5.92 Å². The Bertz CT molecular complexity index is 502. The van der Waals surface area contributed by atoms with E-state index in [1.165, 1.54) is 0 Å². The summed E-state index contributed by atoms with van der Waals surface area (Å²) < 4.78 is 0. The highest BCUT2D eigenvalue weighted by atomic mass is 16.3. The molecule has 2 atom stereocenters. The van der Waals surface area contributed by atoms with Crippen molar-refractivity contribution >= 4 is 11.8 Å². The van der Waals surface area contributed by atoms with E-state index < -0.39 is 17.4 Å². The van der Waals surface area contributed by atoms with Crippen LogP contribution in [0.15, 0.2) is 30.3 Å². The molecule has 2 aliphatic rings. The van der Waals surface area contributed by atoms with Gasteiger partial charge in [0, 0.05) is 19.6 Å². The van der Waals surface area contributed by atoms with E-state index in [1.54, 1.807) is 0 Å². The lowest BCUT2D eigenvalue weighted by Crippen LogP contribution is -2.44. The molecule has 0 radical (unpaired) electrons. The van der Waals surface area contributed by atoms with Crippen LogP contribution in [0.2, 0.25) is 0 Å². The second-order valence-electron chi connectivity index (χ2n) is 4.95. The molecule has 2 heterocycles. The average molecular weight is 246 g/mol. The summed E-state index contributed by atoms with van der Waals surface area (Å²) in [5.41, 5.74) is -0.430. The number of likely N-dealkylation sites (tertiary alicyclic amines) is 1. The van der Waals surface area contributed by atoms with Crippen LogP contribution in [-0.2, 0) is 16.1 Å². The molecule has 0 spiro atoms. The predicted molar refractivity (Wildman–Crippen MR) is 63.3 cm³/mol. The number of nitrogens with one attached hydrogen (secondary N) is 1. The van der Waals surface area contributed by atoms with Gasteiger partial charge in [-0.25, -0.2) is 0 Å². The minimum absolute atomic E-state index is 0.212. The molecule has 0 bridgehead atoms. The van der Waals surface area contributed by atoms with Gasteiger partial charge >= 0.3 is 0 Å². The Morgan fingerprint density at radius 3 is 2.72 bits per heavy atom. The third-order valence-corrected chi connectivity index (χ3v) is 3.68. The van der Waals surface area contributed by atoms with Crippen molar-refractivity contribution in [1.29, 1.82) is 0 Å². The molecule has 5 heteroatoms. The lowest BCUT2D eigenvalue weighted by Gasteiger charge is -2.19. The number of benzene rings is 1. The zero-order chi connectivity index (χ0) is 12.8. The Labute approximate surface area is 104 Å². The number of β-amino-alcohol motifs (C(OH)–C–C–N with tert-alkyl or cyclic N) is 1. The lowest BCUT2D eigenvalue weighted by molar-refractivity contribution is -0.135. The molecule has 0 unspecified atom stereocenters. The number of hydrogen-bond donors (Lipinski definition) is 2. The van der Waals surface area contributed by atoms with E-state index in [1.807, 2.05) is 35.2 Å². The summed E-state index contributed by atoms with van der Waals surface area (Å²) in [7, 11) is 0. The summed E-state index contributed by atoms with van der Waals surface area (Å²) in [6, 6.07) is 9.80. The molecule has 1 aromatic carbocycles. The SMILES string of the molecule is O=C1NC(=O)[C@]2(O)CN(Cc3ccccc3)C[C@H]12. The number of carbonyl (C=O) groups excluding carboxylic acids is 2. The molecule has 0 aromatic heterocycles. The number of imide groups is 1. The van der Waals surface area contributed by atoms with Gasteiger partial charge in [0.15, 0.2) is 5.60 Å². The molecule has 0 aliphatic carbocycles. The quantitative estimate of drug-likeness (QED) is 0.691. The van der Waals surface area contributed by atoms with Crippen LogP contribution in [0.3, 0.4) is 0 Å². The highest BCUT2D eigenvalue weighted by molar-refractivity contribution is 6.09. The standard InChI is InChI=1S/C13H14N2O3/c16-11-10-7-15(6-9-4-2-1-3-5-9)8-13(10,18)12(17)14-11/h1-5,10,18H,6-8H2,(H,14,16,17)/t10-,13+/m1/s1. The topological polar surface area (TPSA) is 69.6 Å². The summed E-state index contributed by atoms with van der Waals surface area (Å²) in [6.07, 6.45) is 0. The number of hydrogen-bond acceptors (Lipinski definition) is 4. The maximum Gasteiger partial charge on any atom is 0.260 e. The highest BCUT2D eigenvalue weighted by Gasteiger charge is 2.59. The summed E-state index contributed by atoms with van der Waals surface area (Å²) >= 11 is 0. The second-order valence-corrected chi connectivity index (χ2v) is 4.95. The van der Waals surface area contributed by atoms with Crippen LogP contribution < -0.4 is 5.32 Å². The molecular weight excluding hydrogens is 232 g/mol. The number of amides is 2. The van der Waals surface area contributed by atoms with Crippen LogP contribution in [0.1, 0.15) is 5.56 Å². The van der Waals surface area contributed by atoms with Gasteiger partial charge in [-0.2, -0.15) is 0 Å². The van der Waals surface area contributed by atoms with Crippen molar-refractivity contribution in [1.82, 2.24) is 10.2 Å². The maximum atomic E-state index is 11.6. The average Bonchev–Trinajstić information content (AvgIpc) is 2.77. The number of rotatable bonds is 2. The first kappa shape index (κ1) is 11.4. The molecule has 2 N–H and O–H groups in total. The normalized spacial score (nSPS) is 31.5. The van der Waals surface area contributed by atoms with Crippen LogP contribution in [0.5, 0.6) is 0 Å². The predicted octanol–water partition coefficient (Wildman–Crippen LogP) is -0.494. The zero-order valence-electron chi connectivity index (χ0n) is 9.80. The van der Waals surface area contributed by atoms with E-state index in [-0.39, 0.29) is 12.5 Å². The Kier molecular flexibility index (Phi) is 2.46. The molecule has 2 aliphatic heterocycles. The lowest BCUT2D eigenvalue weighted by atomic mass is 9.94. The first-order chi connectivity index (χ1) is 8.59. The third-order valence-electron chi connectivity index (χ3n) is 3.68. The first-order valence-corrected chi connectivity index (χ1v) is 5.93. The van der Waals surface area contributed by atoms with Crippen molar-refractivity contribution in [3.8, 4) is 0 Å². The van der Waals surface area contributed by atoms with Crippen molar-refractivity contribution in [3.05, 3.63) is 35.9 Å². The van der Waals surface area contributed by atoms with Crippen molar-refractivity contribution in [2.45, 2.75) is 12.1 Å². The fraction of sp³-hybridized carbons (Fsp3) is 0.385. The number of nitrogens with zero attached hydrogens (tertiary/aromatic N) is 1. The maximum absolute atomic E-state index is 11.6. The fourth-order valence-electron chi connectivity index (χ4n) is 2.72. The fourth-order valence-corrected chi connectivity index (χ4v) is 2.72. The molecule has 18 heavy (non-hydrogen) atoms. The largest absolute Gasteiger partial charge is 0.378 e. The van der Waals surface area contributed by atoms with E-state index in [2.05, 4.69) is 5.32 Å². The van der Waals surface area contributed by atoms with Crippen LogP contribution in [-0.4, -0.2) is 40.5 Å². The van der Waals surface area contributed by atoms with E-state index >= 15 is 0 Å². The Morgan fingerprint density at radius 2 is 2.06 bits per heavy atom. The van der Waals surface area contributed by atoms with Crippen molar-refractivity contribution in [3.63, 3.8) is 0 Å². The Hall–Kier alpha value is -1.72. The minimum Gasteiger partial charge on any atom is -0.378 e. The summed E-state index contributed by atoms with van der Waals surface area (Å²) in [6.45, 7) is 1.27. The Morgan fingerprint density at radius 1 is 1.33 bits per heavy atom. The monoisotopic (exact) mass is 246 g/mol. The van der Waals surface area contributed by atoms with Crippen LogP contribution >= 0.6 is 0 Å². The van der Waals surface area contributed by atoms with Crippen LogP contribution in [0, 0.1) is 5.92 Å². The van der Waals surface area contributed by atoms with Gasteiger partial charge in [0.25, 0.3) is 5.91 Å². The summed E-state index contributed by atoms with van der Waals surface area (Å²) in [5, 5.41) is 12.4. The van der Waals surface area contributed by atoms with Gasteiger partial charge in [0.1, 0.15) is 0 Å². The third kappa shape index (κ3) is 1.63. The smallest absolute Gasteiger partial charge is 0.260 e. The molecule has 94 valence electrons.